The van der Waals surface area contributed by atoms with Gasteiger partial charge >= 0.3 is 0 Å². The van der Waals surface area contributed by atoms with Gasteiger partial charge in [0.25, 0.3) is 0 Å². The van der Waals surface area contributed by atoms with E-state index in [4.69, 9.17) is 25.7 Å². The molecule has 1 saturated carbocycles. The molecule has 3 heterocycles. The van der Waals surface area contributed by atoms with Crippen molar-refractivity contribution in [2.45, 2.75) is 38.1 Å². The minimum Gasteiger partial charge on any atom is -0.419 e. The van der Waals surface area contributed by atoms with Gasteiger partial charge in [-0.15, -0.1) is 10.2 Å². The van der Waals surface area contributed by atoms with Crippen LogP contribution >= 0.6 is 11.6 Å². The minimum absolute atomic E-state index is 0.148. The highest BCUT2D eigenvalue weighted by molar-refractivity contribution is 7.92. The van der Waals surface area contributed by atoms with E-state index in [-0.39, 0.29) is 23.7 Å². The topological polar surface area (TPSA) is 114 Å². The Balaban J connectivity index is 1.55. The Morgan fingerprint density at radius 3 is 2.65 bits per heavy atom. The zero-order chi connectivity index (χ0) is 28.4. The molecule has 1 aliphatic heterocycles. The molecule has 1 saturated heterocycles. The van der Waals surface area contributed by atoms with Gasteiger partial charge in [0.2, 0.25) is 21.8 Å². The predicted molar refractivity (Wildman–Crippen MR) is 156 cm³/mol. The van der Waals surface area contributed by atoms with E-state index >= 15 is 0 Å². The summed E-state index contributed by atoms with van der Waals surface area (Å²) in [5, 5.41) is 12.7. The van der Waals surface area contributed by atoms with Crippen molar-refractivity contribution in [1.29, 1.82) is 0 Å². The van der Waals surface area contributed by atoms with E-state index in [9.17, 15) is 8.42 Å². The Kier molecular flexibility index (Phi) is 8.65. The molecular weight excluding hydrogens is 552 g/mol. The quantitative estimate of drug-likeness (QED) is 0.346. The first-order chi connectivity index (χ1) is 19.2. The van der Waals surface area contributed by atoms with Crippen molar-refractivity contribution < 1.29 is 17.6 Å². The molecule has 0 bridgehead atoms. The standard InChI is InChI=1S/C28H37ClN6O4S/c1-18-15-20(18)17-35(13-14-38-3)26-24(29)22(16-23(31-26)34(2)40(4,36)37)27-32-33-28(39-27)25-21(11-8-12-30-25)19-9-6-5-7-10-19/h5-7,9-10,16,18,20-21,25,30H,8,11-15,17H2,1-4H3/t18-,20+,21-,25-/m0/s1. The van der Waals surface area contributed by atoms with Gasteiger partial charge in [-0.1, -0.05) is 48.9 Å². The minimum atomic E-state index is -3.59. The van der Waals surface area contributed by atoms with E-state index in [2.05, 4.69) is 39.5 Å². The van der Waals surface area contributed by atoms with Crippen LogP contribution in [0.25, 0.3) is 11.5 Å². The number of nitrogens with one attached hydrogen (secondary N) is 1. The molecule has 40 heavy (non-hydrogen) atoms. The van der Waals surface area contributed by atoms with Crippen molar-refractivity contribution >= 4 is 33.3 Å². The highest BCUT2D eigenvalue weighted by Crippen LogP contribution is 2.43. The second-order valence-corrected chi connectivity index (χ2v) is 13.2. The number of sulfonamides is 1. The van der Waals surface area contributed by atoms with E-state index in [0.29, 0.717) is 47.3 Å². The maximum atomic E-state index is 12.5. The molecule has 12 heteroatoms. The fourth-order valence-corrected chi connectivity index (χ4v) is 6.03. The van der Waals surface area contributed by atoms with Gasteiger partial charge in [-0.3, -0.25) is 4.31 Å². The number of aromatic nitrogens is 3. The molecule has 2 fully saturated rings. The molecule has 0 spiro atoms. The summed E-state index contributed by atoms with van der Waals surface area (Å²) in [6.45, 7) is 4.83. The number of rotatable bonds is 11. The van der Waals surface area contributed by atoms with Crippen LogP contribution < -0.4 is 14.5 Å². The van der Waals surface area contributed by atoms with Gasteiger partial charge in [0.05, 0.1) is 29.5 Å². The third-order valence-corrected chi connectivity index (χ3v) is 9.52. The van der Waals surface area contributed by atoms with Gasteiger partial charge in [-0.25, -0.2) is 13.4 Å². The maximum Gasteiger partial charge on any atom is 0.249 e. The van der Waals surface area contributed by atoms with Crippen LogP contribution in [-0.4, -0.2) is 70.3 Å². The molecule has 10 nitrogen and oxygen atoms in total. The van der Waals surface area contributed by atoms with Crippen LogP contribution in [0.4, 0.5) is 11.6 Å². The van der Waals surface area contributed by atoms with Crippen LogP contribution in [-0.2, 0) is 14.8 Å². The molecule has 4 atom stereocenters. The number of anilines is 2. The third kappa shape index (κ3) is 6.27. The Morgan fingerprint density at radius 1 is 1.23 bits per heavy atom. The second-order valence-electron chi connectivity index (χ2n) is 10.8. The van der Waals surface area contributed by atoms with Gasteiger partial charge in [0, 0.05) is 33.2 Å². The number of piperidine rings is 1. The molecule has 1 aromatic carbocycles. The first-order valence-electron chi connectivity index (χ1n) is 13.7. The van der Waals surface area contributed by atoms with Gasteiger partial charge in [-0.05, 0) is 49.3 Å². The SMILES string of the molecule is COCCN(C[C@H]1C[C@@H]1C)c1nc(N(C)S(C)(=O)=O)cc(-c2nnc([C@H]3NCCC[C@H]3c3ccccc3)o2)c1Cl. The molecule has 0 unspecified atom stereocenters. The zero-order valence-corrected chi connectivity index (χ0v) is 25.0. The van der Waals surface area contributed by atoms with Gasteiger partial charge < -0.3 is 19.4 Å². The van der Waals surface area contributed by atoms with Crippen molar-refractivity contribution in [3.8, 4) is 11.5 Å². The Hall–Kier alpha value is -2.73. The Labute approximate surface area is 241 Å². The molecule has 3 aromatic rings. The summed E-state index contributed by atoms with van der Waals surface area (Å²) in [5.74, 6) is 2.70. The van der Waals surface area contributed by atoms with Crippen LogP contribution in [0.15, 0.2) is 40.8 Å². The lowest BCUT2D eigenvalue weighted by Crippen LogP contribution is -2.33. The molecule has 1 N–H and O–H groups in total. The molecule has 216 valence electrons. The zero-order valence-electron chi connectivity index (χ0n) is 23.4. The molecule has 5 rings (SSSR count). The number of nitrogens with zero attached hydrogens (tertiary/aromatic N) is 5. The van der Waals surface area contributed by atoms with E-state index in [0.717, 1.165) is 42.9 Å². The molecule has 0 amide bonds. The summed E-state index contributed by atoms with van der Waals surface area (Å²) in [7, 11) is -0.472. The summed E-state index contributed by atoms with van der Waals surface area (Å²) in [6, 6.07) is 11.8. The van der Waals surface area contributed by atoms with Crippen LogP contribution in [0.2, 0.25) is 5.02 Å². The third-order valence-electron chi connectivity index (χ3n) is 7.97. The van der Waals surface area contributed by atoms with E-state index < -0.39 is 10.0 Å². The lowest BCUT2D eigenvalue weighted by molar-refractivity contribution is 0.204. The van der Waals surface area contributed by atoms with Crippen LogP contribution in [0, 0.1) is 11.8 Å². The monoisotopic (exact) mass is 588 g/mol. The lowest BCUT2D eigenvalue weighted by Gasteiger charge is -2.30. The summed E-state index contributed by atoms with van der Waals surface area (Å²) < 4.78 is 37.8. The van der Waals surface area contributed by atoms with Gasteiger partial charge in [0.15, 0.2) is 5.82 Å². The van der Waals surface area contributed by atoms with E-state index in [1.165, 1.54) is 12.6 Å². The Bertz CT molecular complexity index is 1420. The molecule has 0 radical (unpaired) electrons. The number of methoxy groups -OCH3 is 1. The fourth-order valence-electron chi connectivity index (χ4n) is 5.30. The fraction of sp³-hybridized carbons (Fsp3) is 0.536. The van der Waals surface area contributed by atoms with Gasteiger partial charge in [-0.2, -0.15) is 0 Å². The van der Waals surface area contributed by atoms with Crippen molar-refractivity contribution in [3.63, 3.8) is 0 Å². The summed E-state index contributed by atoms with van der Waals surface area (Å²) >= 11 is 7.01. The van der Waals surface area contributed by atoms with Crippen LogP contribution in [0.5, 0.6) is 0 Å². The van der Waals surface area contributed by atoms with Crippen molar-refractivity contribution in [1.82, 2.24) is 20.5 Å². The number of pyridine rings is 1. The van der Waals surface area contributed by atoms with E-state index in [1.807, 2.05) is 18.2 Å². The molecule has 1 aliphatic carbocycles. The maximum absolute atomic E-state index is 12.5. The lowest BCUT2D eigenvalue weighted by atomic mass is 9.85. The highest BCUT2D eigenvalue weighted by atomic mass is 35.5. The molecule has 2 aliphatic rings. The van der Waals surface area contributed by atoms with E-state index in [1.54, 1.807) is 13.2 Å². The molecule has 2 aromatic heterocycles. The number of benzene rings is 1. The second kappa shape index (κ2) is 12.0. The average Bonchev–Trinajstić information content (AvgIpc) is 3.42. The number of hydrogen-bond donors (Lipinski definition) is 1. The highest BCUT2D eigenvalue weighted by Gasteiger charge is 2.36. The summed E-state index contributed by atoms with van der Waals surface area (Å²) in [6.07, 6.45) is 4.31. The van der Waals surface area contributed by atoms with Gasteiger partial charge in [0.1, 0.15) is 5.82 Å². The normalized spacial score (nSPS) is 22.7. The number of ether oxygens (including phenoxy) is 1. The first kappa shape index (κ1) is 28.8. The Morgan fingerprint density at radius 2 is 1.98 bits per heavy atom. The largest absolute Gasteiger partial charge is 0.419 e. The average molecular weight is 589 g/mol. The first-order valence-corrected chi connectivity index (χ1v) is 15.9. The van der Waals surface area contributed by atoms with Crippen molar-refractivity contribution in [3.05, 3.63) is 52.9 Å². The van der Waals surface area contributed by atoms with Crippen molar-refractivity contribution in [2.24, 2.45) is 11.8 Å². The number of halogens is 1. The van der Waals surface area contributed by atoms with Crippen molar-refractivity contribution in [2.75, 3.05) is 55.9 Å². The summed E-state index contributed by atoms with van der Waals surface area (Å²) in [5.41, 5.74) is 1.65. The smallest absolute Gasteiger partial charge is 0.249 e. The molecular formula is C28H37ClN6O4S. The van der Waals surface area contributed by atoms with Crippen LogP contribution in [0.3, 0.4) is 0 Å². The summed E-state index contributed by atoms with van der Waals surface area (Å²) in [4.78, 5) is 6.78. The predicted octanol–water partition coefficient (Wildman–Crippen LogP) is 4.50. The number of hydrogen-bond acceptors (Lipinski definition) is 9. The van der Waals surface area contributed by atoms with Crippen LogP contribution in [0.1, 0.15) is 49.6 Å².